The summed E-state index contributed by atoms with van der Waals surface area (Å²) in [6.45, 7) is 6.36. The van der Waals surface area contributed by atoms with E-state index >= 15 is 0 Å². The number of unbranched alkanes of at least 4 members (excludes halogenated alkanes) is 1. The van der Waals surface area contributed by atoms with E-state index in [0.29, 0.717) is 6.04 Å². The molecule has 1 aromatic carbocycles. The summed E-state index contributed by atoms with van der Waals surface area (Å²) < 4.78 is 5.69. The molecule has 112 valence electrons. The Balaban J connectivity index is 1.73. The van der Waals surface area contributed by atoms with Crippen molar-refractivity contribution in [1.29, 1.82) is 0 Å². The SMILES string of the molecule is CCCCOc1ccc(CNC2CCCC(C)C2)cc1. The normalized spacial score (nSPS) is 22.7. The number of rotatable bonds is 7. The first kappa shape index (κ1) is 15.4. The van der Waals surface area contributed by atoms with Crippen LogP contribution in [-0.4, -0.2) is 12.6 Å². The maximum Gasteiger partial charge on any atom is 0.119 e. The first-order valence-corrected chi connectivity index (χ1v) is 8.23. The van der Waals surface area contributed by atoms with Gasteiger partial charge in [-0.3, -0.25) is 0 Å². The van der Waals surface area contributed by atoms with Gasteiger partial charge in [0.05, 0.1) is 6.61 Å². The molecule has 1 saturated carbocycles. The lowest BCUT2D eigenvalue weighted by Crippen LogP contribution is -2.33. The highest BCUT2D eigenvalue weighted by molar-refractivity contribution is 5.27. The average Bonchev–Trinajstić information content (AvgIpc) is 2.47. The molecule has 2 atom stereocenters. The Morgan fingerprint density at radius 1 is 1.20 bits per heavy atom. The predicted octanol–water partition coefficient (Wildman–Crippen LogP) is 4.53. The summed E-state index contributed by atoms with van der Waals surface area (Å²) in [5.74, 6) is 1.88. The molecule has 0 spiro atoms. The van der Waals surface area contributed by atoms with Crippen molar-refractivity contribution in [2.24, 2.45) is 5.92 Å². The third-order valence-electron chi connectivity index (χ3n) is 4.22. The molecular weight excluding hydrogens is 246 g/mol. The monoisotopic (exact) mass is 275 g/mol. The van der Waals surface area contributed by atoms with Gasteiger partial charge in [-0.2, -0.15) is 0 Å². The molecule has 1 fully saturated rings. The maximum absolute atomic E-state index is 5.69. The molecule has 0 aromatic heterocycles. The largest absolute Gasteiger partial charge is 0.494 e. The summed E-state index contributed by atoms with van der Waals surface area (Å²) in [4.78, 5) is 0. The first-order chi connectivity index (χ1) is 9.78. The topological polar surface area (TPSA) is 21.3 Å². The molecular formula is C18H29NO. The molecule has 1 aliphatic carbocycles. The van der Waals surface area contributed by atoms with Crippen LogP contribution in [0.3, 0.4) is 0 Å². The van der Waals surface area contributed by atoms with Gasteiger partial charge in [0, 0.05) is 12.6 Å². The van der Waals surface area contributed by atoms with Gasteiger partial charge in [0.25, 0.3) is 0 Å². The van der Waals surface area contributed by atoms with Crippen LogP contribution in [0.1, 0.15) is 57.9 Å². The smallest absolute Gasteiger partial charge is 0.119 e. The third kappa shape index (κ3) is 5.16. The lowest BCUT2D eigenvalue weighted by molar-refractivity contribution is 0.300. The summed E-state index contributed by atoms with van der Waals surface area (Å²) >= 11 is 0. The Morgan fingerprint density at radius 2 is 2.00 bits per heavy atom. The zero-order chi connectivity index (χ0) is 14.2. The molecule has 2 unspecified atom stereocenters. The van der Waals surface area contributed by atoms with Gasteiger partial charge in [-0.15, -0.1) is 0 Å². The number of hydrogen-bond acceptors (Lipinski definition) is 2. The van der Waals surface area contributed by atoms with Gasteiger partial charge in [0.1, 0.15) is 5.75 Å². The van der Waals surface area contributed by atoms with Crippen molar-refractivity contribution in [1.82, 2.24) is 5.32 Å². The minimum atomic E-state index is 0.708. The molecule has 2 heteroatoms. The molecule has 2 nitrogen and oxygen atoms in total. The first-order valence-electron chi connectivity index (χ1n) is 8.23. The average molecular weight is 275 g/mol. The van der Waals surface area contributed by atoms with Crippen molar-refractivity contribution < 1.29 is 4.74 Å². The molecule has 1 N–H and O–H groups in total. The molecule has 0 aliphatic heterocycles. The molecule has 1 aromatic rings. The second-order valence-electron chi connectivity index (χ2n) is 6.20. The lowest BCUT2D eigenvalue weighted by Gasteiger charge is -2.27. The Morgan fingerprint density at radius 3 is 2.70 bits per heavy atom. The van der Waals surface area contributed by atoms with Crippen LogP contribution in [0.2, 0.25) is 0 Å². The van der Waals surface area contributed by atoms with Gasteiger partial charge in [0.15, 0.2) is 0 Å². The van der Waals surface area contributed by atoms with Crippen LogP contribution in [-0.2, 0) is 6.54 Å². The Labute approximate surface area is 123 Å². The van der Waals surface area contributed by atoms with Crippen molar-refractivity contribution in [2.45, 2.75) is 65.0 Å². The van der Waals surface area contributed by atoms with E-state index in [1.54, 1.807) is 0 Å². The Hall–Kier alpha value is -1.02. The van der Waals surface area contributed by atoms with Crippen molar-refractivity contribution in [3.05, 3.63) is 29.8 Å². The molecule has 0 heterocycles. The third-order valence-corrected chi connectivity index (χ3v) is 4.22. The minimum Gasteiger partial charge on any atom is -0.494 e. The summed E-state index contributed by atoms with van der Waals surface area (Å²) in [7, 11) is 0. The van der Waals surface area contributed by atoms with Crippen molar-refractivity contribution in [2.75, 3.05) is 6.61 Å². The van der Waals surface area contributed by atoms with E-state index in [9.17, 15) is 0 Å². The van der Waals surface area contributed by atoms with E-state index in [-0.39, 0.29) is 0 Å². The van der Waals surface area contributed by atoms with Crippen LogP contribution in [0.4, 0.5) is 0 Å². The Kier molecular flexibility index (Phi) is 6.38. The molecule has 0 radical (unpaired) electrons. The molecule has 0 amide bonds. The van der Waals surface area contributed by atoms with Crippen LogP contribution in [0.5, 0.6) is 5.75 Å². The minimum absolute atomic E-state index is 0.708. The van der Waals surface area contributed by atoms with Crippen LogP contribution in [0.25, 0.3) is 0 Å². The highest BCUT2D eigenvalue weighted by atomic mass is 16.5. The highest BCUT2D eigenvalue weighted by Gasteiger charge is 2.17. The lowest BCUT2D eigenvalue weighted by atomic mass is 9.87. The van der Waals surface area contributed by atoms with Crippen LogP contribution in [0, 0.1) is 5.92 Å². The van der Waals surface area contributed by atoms with E-state index in [2.05, 4.69) is 43.4 Å². The summed E-state index contributed by atoms with van der Waals surface area (Å²) in [5, 5.41) is 3.70. The highest BCUT2D eigenvalue weighted by Crippen LogP contribution is 2.23. The van der Waals surface area contributed by atoms with Crippen LogP contribution in [0.15, 0.2) is 24.3 Å². The molecule has 2 rings (SSSR count). The molecule has 0 saturated heterocycles. The second kappa shape index (κ2) is 8.31. The van der Waals surface area contributed by atoms with Gasteiger partial charge in [-0.1, -0.05) is 45.2 Å². The number of ether oxygens (including phenoxy) is 1. The fraction of sp³-hybridized carbons (Fsp3) is 0.667. The second-order valence-corrected chi connectivity index (χ2v) is 6.20. The fourth-order valence-corrected chi connectivity index (χ4v) is 2.92. The van der Waals surface area contributed by atoms with E-state index in [4.69, 9.17) is 4.74 Å². The van der Waals surface area contributed by atoms with Crippen LogP contribution >= 0.6 is 0 Å². The summed E-state index contributed by atoms with van der Waals surface area (Å²) in [6, 6.07) is 9.26. The number of benzene rings is 1. The summed E-state index contributed by atoms with van der Waals surface area (Å²) in [6.07, 6.45) is 7.76. The van der Waals surface area contributed by atoms with E-state index in [1.165, 1.54) is 37.7 Å². The number of hydrogen-bond donors (Lipinski definition) is 1. The van der Waals surface area contributed by atoms with Gasteiger partial charge < -0.3 is 10.1 Å². The van der Waals surface area contributed by atoms with Crippen molar-refractivity contribution >= 4 is 0 Å². The van der Waals surface area contributed by atoms with E-state index < -0.39 is 0 Å². The molecule has 20 heavy (non-hydrogen) atoms. The standard InChI is InChI=1S/C18H29NO/c1-3-4-12-20-18-10-8-16(9-11-18)14-19-17-7-5-6-15(2)13-17/h8-11,15,17,19H,3-7,12-14H2,1-2H3. The van der Waals surface area contributed by atoms with Gasteiger partial charge in [0.2, 0.25) is 0 Å². The van der Waals surface area contributed by atoms with Gasteiger partial charge >= 0.3 is 0 Å². The van der Waals surface area contributed by atoms with E-state index in [1.807, 2.05) is 0 Å². The molecule has 1 aliphatic rings. The summed E-state index contributed by atoms with van der Waals surface area (Å²) in [5.41, 5.74) is 1.35. The zero-order valence-electron chi connectivity index (χ0n) is 13.0. The number of nitrogens with one attached hydrogen (secondary N) is 1. The van der Waals surface area contributed by atoms with Gasteiger partial charge in [-0.25, -0.2) is 0 Å². The predicted molar refractivity (Wildman–Crippen MR) is 85.1 cm³/mol. The Bertz CT molecular complexity index is 374. The molecule has 0 bridgehead atoms. The fourth-order valence-electron chi connectivity index (χ4n) is 2.92. The zero-order valence-corrected chi connectivity index (χ0v) is 13.0. The quantitative estimate of drug-likeness (QED) is 0.738. The van der Waals surface area contributed by atoms with Crippen LogP contribution < -0.4 is 10.1 Å². The van der Waals surface area contributed by atoms with E-state index in [0.717, 1.165) is 31.2 Å². The van der Waals surface area contributed by atoms with Crippen molar-refractivity contribution in [3.63, 3.8) is 0 Å². The van der Waals surface area contributed by atoms with Crippen molar-refractivity contribution in [3.8, 4) is 5.75 Å². The van der Waals surface area contributed by atoms with Gasteiger partial charge in [-0.05, 0) is 42.9 Å². The maximum atomic E-state index is 5.69.